The minimum atomic E-state index is -0.604. The second-order valence-electron chi connectivity index (χ2n) is 4.71. The number of carbonyl (C=O) groups excluding carboxylic acids is 2. The van der Waals surface area contributed by atoms with Crippen LogP contribution in [0.4, 0.5) is 10.1 Å². The summed E-state index contributed by atoms with van der Waals surface area (Å²) >= 11 is 0. The van der Waals surface area contributed by atoms with Gasteiger partial charge in [-0.1, -0.05) is 18.2 Å². The fourth-order valence-corrected chi connectivity index (χ4v) is 1.82. The molecule has 1 amide bonds. The van der Waals surface area contributed by atoms with Crippen molar-refractivity contribution in [2.75, 3.05) is 12.4 Å². The zero-order valence-corrected chi connectivity index (χ0v) is 12.5. The zero-order valence-electron chi connectivity index (χ0n) is 12.5. The fraction of sp³-hybridized carbons (Fsp3) is 0.176. The lowest BCUT2D eigenvalue weighted by molar-refractivity contribution is -0.142. The van der Waals surface area contributed by atoms with Crippen LogP contribution < -0.4 is 10.1 Å². The first kappa shape index (κ1) is 16.5. The second kappa shape index (κ2) is 7.93. The van der Waals surface area contributed by atoms with Gasteiger partial charge >= 0.3 is 5.97 Å². The zero-order chi connectivity index (χ0) is 16.7. The Bertz CT molecular complexity index is 685. The fourth-order valence-electron chi connectivity index (χ4n) is 1.82. The summed E-state index contributed by atoms with van der Waals surface area (Å²) in [7, 11) is 1.22. The number of ether oxygens (including phenoxy) is 2. The first-order valence-corrected chi connectivity index (χ1v) is 6.91. The van der Waals surface area contributed by atoms with Crippen molar-refractivity contribution in [1.29, 1.82) is 0 Å². The van der Waals surface area contributed by atoms with Crippen molar-refractivity contribution in [2.45, 2.75) is 13.0 Å². The van der Waals surface area contributed by atoms with Crippen molar-refractivity contribution >= 4 is 17.6 Å². The van der Waals surface area contributed by atoms with Gasteiger partial charge in [0.2, 0.25) is 5.91 Å². The van der Waals surface area contributed by atoms with Gasteiger partial charge in [0.1, 0.15) is 24.6 Å². The highest BCUT2D eigenvalue weighted by Crippen LogP contribution is 2.18. The third kappa shape index (κ3) is 5.10. The van der Waals surface area contributed by atoms with Crippen LogP contribution in [-0.4, -0.2) is 19.0 Å². The largest absolute Gasteiger partial charge is 0.489 e. The number of methoxy groups -OCH3 is 1. The molecule has 2 aromatic carbocycles. The van der Waals surface area contributed by atoms with Gasteiger partial charge in [-0.15, -0.1) is 0 Å². The van der Waals surface area contributed by atoms with E-state index < -0.39 is 11.9 Å². The number of hydrogen-bond donors (Lipinski definition) is 1. The Morgan fingerprint density at radius 2 is 1.78 bits per heavy atom. The highest BCUT2D eigenvalue weighted by molar-refractivity contribution is 6.01. The first-order valence-electron chi connectivity index (χ1n) is 6.91. The number of rotatable bonds is 6. The summed E-state index contributed by atoms with van der Waals surface area (Å²) in [6, 6.07) is 12.9. The molecular formula is C17H16FNO4. The van der Waals surface area contributed by atoms with Gasteiger partial charge in [0.25, 0.3) is 0 Å². The highest BCUT2D eigenvalue weighted by Gasteiger charge is 2.09. The number of benzene rings is 2. The molecule has 0 aliphatic heterocycles. The van der Waals surface area contributed by atoms with Gasteiger partial charge in [-0.2, -0.15) is 0 Å². The normalized spacial score (nSPS) is 10.0. The van der Waals surface area contributed by atoms with Crippen LogP contribution in [0.1, 0.15) is 12.0 Å². The minimum absolute atomic E-state index is 0.112. The number of esters is 1. The first-order chi connectivity index (χ1) is 11.1. The molecule has 5 nitrogen and oxygen atoms in total. The van der Waals surface area contributed by atoms with Crippen molar-refractivity contribution < 1.29 is 23.5 Å². The third-order valence-corrected chi connectivity index (χ3v) is 3.02. The maximum Gasteiger partial charge on any atom is 0.315 e. The molecule has 23 heavy (non-hydrogen) atoms. The quantitative estimate of drug-likeness (QED) is 0.657. The van der Waals surface area contributed by atoms with Gasteiger partial charge in [-0.3, -0.25) is 9.59 Å². The molecule has 2 aromatic rings. The molecule has 0 spiro atoms. The van der Waals surface area contributed by atoms with Crippen molar-refractivity contribution in [2.24, 2.45) is 0 Å². The SMILES string of the molecule is COC(=O)CC(=O)Nc1ccc(OCc2ccccc2F)cc1. The van der Waals surface area contributed by atoms with Crippen LogP contribution in [0.3, 0.4) is 0 Å². The van der Waals surface area contributed by atoms with Crippen LogP contribution in [-0.2, 0) is 20.9 Å². The van der Waals surface area contributed by atoms with Crippen molar-refractivity contribution in [3.05, 3.63) is 59.9 Å². The Morgan fingerprint density at radius 3 is 2.43 bits per heavy atom. The van der Waals surface area contributed by atoms with Crippen molar-refractivity contribution in [1.82, 2.24) is 0 Å². The average molecular weight is 317 g/mol. The molecule has 0 saturated carbocycles. The maximum atomic E-state index is 13.5. The van der Waals surface area contributed by atoms with Gasteiger partial charge in [-0.25, -0.2) is 4.39 Å². The number of carbonyl (C=O) groups is 2. The maximum absolute atomic E-state index is 13.5. The molecule has 2 rings (SSSR count). The molecule has 0 bridgehead atoms. The predicted octanol–water partition coefficient (Wildman–Crippen LogP) is 2.91. The number of amides is 1. The topological polar surface area (TPSA) is 64.6 Å². The lowest BCUT2D eigenvalue weighted by Crippen LogP contribution is -2.17. The summed E-state index contributed by atoms with van der Waals surface area (Å²) in [5.74, 6) is -0.845. The molecule has 0 unspecified atom stereocenters. The minimum Gasteiger partial charge on any atom is -0.489 e. The van der Waals surface area contributed by atoms with E-state index in [0.29, 0.717) is 17.0 Å². The Kier molecular flexibility index (Phi) is 5.68. The Hall–Kier alpha value is -2.89. The van der Waals surface area contributed by atoms with Crippen molar-refractivity contribution in [3.63, 3.8) is 0 Å². The highest BCUT2D eigenvalue weighted by atomic mass is 19.1. The van der Waals surface area contributed by atoms with E-state index in [4.69, 9.17) is 4.74 Å². The van der Waals surface area contributed by atoms with Crippen LogP contribution in [0.25, 0.3) is 0 Å². The standard InChI is InChI=1S/C17H16FNO4/c1-22-17(21)10-16(20)19-13-6-8-14(9-7-13)23-11-12-4-2-3-5-15(12)18/h2-9H,10-11H2,1H3,(H,19,20). The molecular weight excluding hydrogens is 301 g/mol. The van der Waals surface area contributed by atoms with Crippen LogP contribution in [0, 0.1) is 5.82 Å². The molecule has 0 aromatic heterocycles. The van der Waals surface area contributed by atoms with E-state index in [-0.39, 0.29) is 18.8 Å². The van der Waals surface area contributed by atoms with Gasteiger partial charge in [-0.05, 0) is 30.3 Å². The lowest BCUT2D eigenvalue weighted by Gasteiger charge is -2.09. The van der Waals surface area contributed by atoms with E-state index in [1.165, 1.54) is 13.2 Å². The van der Waals surface area contributed by atoms with E-state index in [9.17, 15) is 14.0 Å². The monoisotopic (exact) mass is 317 g/mol. The van der Waals surface area contributed by atoms with E-state index >= 15 is 0 Å². The Labute approximate surface area is 133 Å². The second-order valence-corrected chi connectivity index (χ2v) is 4.71. The molecule has 0 aliphatic rings. The Balaban J connectivity index is 1.88. The average Bonchev–Trinajstić information content (AvgIpc) is 2.55. The van der Waals surface area contributed by atoms with Gasteiger partial charge in [0.05, 0.1) is 7.11 Å². The summed E-state index contributed by atoms with van der Waals surface area (Å²) in [5.41, 5.74) is 0.986. The smallest absolute Gasteiger partial charge is 0.315 e. The van der Waals surface area contributed by atoms with E-state index in [1.807, 2.05) is 0 Å². The summed E-state index contributed by atoms with van der Waals surface area (Å²) in [4.78, 5) is 22.5. The Morgan fingerprint density at radius 1 is 1.09 bits per heavy atom. The summed E-state index contributed by atoms with van der Waals surface area (Å²) < 4.78 is 23.4. The van der Waals surface area contributed by atoms with E-state index in [2.05, 4.69) is 10.1 Å². The van der Waals surface area contributed by atoms with Gasteiger partial charge in [0, 0.05) is 11.3 Å². The molecule has 0 saturated heterocycles. The van der Waals surface area contributed by atoms with Crippen molar-refractivity contribution in [3.8, 4) is 5.75 Å². The molecule has 1 N–H and O–H groups in total. The molecule has 0 radical (unpaired) electrons. The number of anilines is 1. The molecule has 0 heterocycles. The third-order valence-electron chi connectivity index (χ3n) is 3.02. The number of hydrogen-bond acceptors (Lipinski definition) is 4. The van der Waals surface area contributed by atoms with Gasteiger partial charge < -0.3 is 14.8 Å². The van der Waals surface area contributed by atoms with Crippen LogP contribution in [0.15, 0.2) is 48.5 Å². The number of nitrogens with one attached hydrogen (secondary N) is 1. The predicted molar refractivity (Wildman–Crippen MR) is 82.4 cm³/mol. The molecule has 0 atom stereocenters. The summed E-state index contributed by atoms with van der Waals surface area (Å²) in [5, 5.41) is 2.56. The lowest BCUT2D eigenvalue weighted by atomic mass is 10.2. The molecule has 0 aliphatic carbocycles. The molecule has 120 valence electrons. The van der Waals surface area contributed by atoms with E-state index in [1.54, 1.807) is 42.5 Å². The van der Waals surface area contributed by atoms with Crippen LogP contribution in [0.5, 0.6) is 5.75 Å². The van der Waals surface area contributed by atoms with Crippen LogP contribution >= 0.6 is 0 Å². The van der Waals surface area contributed by atoms with Crippen LogP contribution in [0.2, 0.25) is 0 Å². The summed E-state index contributed by atoms with van der Waals surface area (Å²) in [6.45, 7) is 0.112. The molecule has 6 heteroatoms. The van der Waals surface area contributed by atoms with Gasteiger partial charge in [0.15, 0.2) is 0 Å². The summed E-state index contributed by atoms with van der Waals surface area (Å²) in [6.07, 6.45) is -0.345. The molecule has 0 fully saturated rings. The number of halogens is 1. The van der Waals surface area contributed by atoms with E-state index in [0.717, 1.165) is 0 Å².